The predicted molar refractivity (Wildman–Crippen MR) is 191 cm³/mol. The van der Waals surface area contributed by atoms with E-state index in [1.54, 1.807) is 12.1 Å². The largest absolute Gasteiger partial charge is 0.497 e. The van der Waals surface area contributed by atoms with Crippen molar-refractivity contribution >= 4 is 33.2 Å². The molecule has 5 rings (SSSR count). The number of rotatable bonds is 14. The van der Waals surface area contributed by atoms with E-state index in [9.17, 15) is 28.1 Å². The molecule has 0 heterocycles. The van der Waals surface area contributed by atoms with Gasteiger partial charge < -0.3 is 15.0 Å². The number of hydrogen-bond donors (Lipinski definition) is 1. The van der Waals surface area contributed by atoms with Gasteiger partial charge >= 0.3 is 0 Å². The van der Waals surface area contributed by atoms with Crippen molar-refractivity contribution in [2.75, 3.05) is 18.0 Å². The number of hydrogen-bond acceptors (Lipinski definition) is 7. The molecule has 4 aromatic rings. The number of nitrogens with zero attached hydrogens (tertiary/aromatic N) is 3. The standard InChI is InChI=1S/C38H42N4O7S/c1-27-10-9-13-30(22-27)25-40(36(23-29-11-5-4-6-12-29)38(44)39-31-14-7-8-15-31)37(43)26-41(32-17-19-33(49-3)20-18-32)50(47,48)34-21-16-28(2)35(24-34)42(45)46/h4-6,9-13,16-22,24,31,36H,7-8,14-15,23,25-26H2,1-3H3,(H,39,44). The highest BCUT2D eigenvalue weighted by atomic mass is 32.2. The Labute approximate surface area is 293 Å². The van der Waals surface area contributed by atoms with Crippen molar-refractivity contribution in [3.05, 3.63) is 129 Å². The van der Waals surface area contributed by atoms with E-state index in [0.717, 1.165) is 52.7 Å². The van der Waals surface area contributed by atoms with Gasteiger partial charge in [-0.05, 0) is 68.1 Å². The second-order valence-corrected chi connectivity index (χ2v) is 14.5. The highest BCUT2D eigenvalue weighted by Gasteiger charge is 2.36. The highest BCUT2D eigenvalue weighted by Crippen LogP contribution is 2.30. The number of sulfonamides is 1. The summed E-state index contributed by atoms with van der Waals surface area (Å²) in [5.41, 5.74) is 2.66. The lowest BCUT2D eigenvalue weighted by Crippen LogP contribution is -2.54. The minimum Gasteiger partial charge on any atom is -0.497 e. The molecular weight excluding hydrogens is 657 g/mol. The minimum atomic E-state index is -4.54. The normalized spacial score (nSPS) is 13.7. The van der Waals surface area contributed by atoms with E-state index in [0.29, 0.717) is 11.3 Å². The number of carbonyl (C=O) groups is 2. The molecule has 11 nitrogen and oxygen atoms in total. The van der Waals surface area contributed by atoms with Crippen LogP contribution in [-0.4, -0.2) is 55.8 Å². The Morgan fingerprint density at radius 3 is 2.24 bits per heavy atom. The maximum atomic E-state index is 14.7. The van der Waals surface area contributed by atoms with Gasteiger partial charge in [-0.2, -0.15) is 0 Å². The average Bonchev–Trinajstić information content (AvgIpc) is 3.62. The van der Waals surface area contributed by atoms with Crippen molar-refractivity contribution in [3.63, 3.8) is 0 Å². The topological polar surface area (TPSA) is 139 Å². The number of anilines is 1. The summed E-state index contributed by atoms with van der Waals surface area (Å²) >= 11 is 0. The van der Waals surface area contributed by atoms with E-state index in [1.165, 1.54) is 43.2 Å². The van der Waals surface area contributed by atoms with E-state index in [2.05, 4.69) is 5.32 Å². The zero-order chi connectivity index (χ0) is 35.8. The molecule has 4 aromatic carbocycles. The Morgan fingerprint density at radius 1 is 0.920 bits per heavy atom. The summed E-state index contributed by atoms with van der Waals surface area (Å²) in [4.78, 5) is 41.1. The van der Waals surface area contributed by atoms with Gasteiger partial charge in [0.05, 0.1) is 22.6 Å². The van der Waals surface area contributed by atoms with Gasteiger partial charge in [0.2, 0.25) is 11.8 Å². The van der Waals surface area contributed by atoms with E-state index in [-0.39, 0.29) is 41.2 Å². The van der Waals surface area contributed by atoms with Gasteiger partial charge in [0.25, 0.3) is 15.7 Å². The molecule has 262 valence electrons. The van der Waals surface area contributed by atoms with Crippen LogP contribution in [0.2, 0.25) is 0 Å². The summed E-state index contributed by atoms with van der Waals surface area (Å²) in [6, 6.07) is 25.8. The van der Waals surface area contributed by atoms with Crippen molar-refractivity contribution in [1.29, 1.82) is 0 Å². The summed E-state index contributed by atoms with van der Waals surface area (Å²) < 4.78 is 35.0. The molecule has 50 heavy (non-hydrogen) atoms. The number of ether oxygens (including phenoxy) is 1. The fourth-order valence-electron chi connectivity index (χ4n) is 6.28. The molecule has 1 aliphatic carbocycles. The molecule has 1 aliphatic rings. The summed E-state index contributed by atoms with van der Waals surface area (Å²) in [7, 11) is -3.06. The van der Waals surface area contributed by atoms with Crippen LogP contribution in [0.4, 0.5) is 11.4 Å². The smallest absolute Gasteiger partial charge is 0.273 e. The van der Waals surface area contributed by atoms with Crippen LogP contribution in [0.5, 0.6) is 5.75 Å². The van der Waals surface area contributed by atoms with Crippen molar-refractivity contribution in [2.24, 2.45) is 0 Å². The first kappa shape index (κ1) is 36.1. The first-order valence-electron chi connectivity index (χ1n) is 16.6. The lowest BCUT2D eigenvalue weighted by Gasteiger charge is -2.34. The molecule has 1 atom stereocenters. The Morgan fingerprint density at radius 2 is 1.60 bits per heavy atom. The second kappa shape index (κ2) is 16.0. The van der Waals surface area contributed by atoms with Crippen molar-refractivity contribution in [3.8, 4) is 5.75 Å². The van der Waals surface area contributed by atoms with Gasteiger partial charge in [-0.1, -0.05) is 79.1 Å². The summed E-state index contributed by atoms with van der Waals surface area (Å²) in [5, 5.41) is 14.9. The van der Waals surface area contributed by atoms with Gasteiger partial charge in [-0.15, -0.1) is 0 Å². The second-order valence-electron chi connectivity index (χ2n) is 12.6. The summed E-state index contributed by atoms with van der Waals surface area (Å²) in [5.74, 6) is -0.458. The lowest BCUT2D eigenvalue weighted by molar-refractivity contribution is -0.385. The van der Waals surface area contributed by atoms with Gasteiger partial charge in [0.1, 0.15) is 18.3 Å². The molecule has 0 saturated heterocycles. The third-order valence-corrected chi connectivity index (χ3v) is 10.8. The van der Waals surface area contributed by atoms with Crippen LogP contribution in [0.15, 0.2) is 102 Å². The molecule has 0 aliphatic heterocycles. The molecule has 1 unspecified atom stereocenters. The Kier molecular flexibility index (Phi) is 11.5. The van der Waals surface area contributed by atoms with Crippen LogP contribution in [0.25, 0.3) is 0 Å². The Bertz CT molecular complexity index is 1930. The number of aryl methyl sites for hydroxylation is 2. The maximum absolute atomic E-state index is 14.7. The molecule has 0 aromatic heterocycles. The van der Waals surface area contributed by atoms with E-state index < -0.39 is 33.4 Å². The lowest BCUT2D eigenvalue weighted by atomic mass is 10.0. The van der Waals surface area contributed by atoms with Crippen LogP contribution in [0, 0.1) is 24.0 Å². The number of benzene rings is 4. The summed E-state index contributed by atoms with van der Waals surface area (Å²) in [6.45, 7) is 2.82. The van der Waals surface area contributed by atoms with Gasteiger partial charge in [0.15, 0.2) is 0 Å². The monoisotopic (exact) mass is 698 g/mol. The van der Waals surface area contributed by atoms with Crippen LogP contribution >= 0.6 is 0 Å². The first-order chi connectivity index (χ1) is 24.0. The molecule has 0 spiro atoms. The fourth-order valence-corrected chi connectivity index (χ4v) is 7.71. The number of carbonyl (C=O) groups excluding carboxylic acids is 2. The van der Waals surface area contributed by atoms with Crippen LogP contribution < -0.4 is 14.4 Å². The zero-order valence-electron chi connectivity index (χ0n) is 28.4. The molecule has 12 heteroatoms. The van der Waals surface area contributed by atoms with Gasteiger partial charge in [-0.3, -0.25) is 24.0 Å². The first-order valence-corrected chi connectivity index (χ1v) is 18.0. The number of nitro benzene ring substituents is 1. The molecule has 0 radical (unpaired) electrons. The predicted octanol–water partition coefficient (Wildman–Crippen LogP) is 6.11. The number of nitrogens with one attached hydrogen (secondary N) is 1. The van der Waals surface area contributed by atoms with Gasteiger partial charge in [0, 0.05) is 30.6 Å². The van der Waals surface area contributed by atoms with Crippen molar-refractivity contribution in [1.82, 2.24) is 10.2 Å². The van der Waals surface area contributed by atoms with Crippen molar-refractivity contribution < 1.29 is 27.7 Å². The van der Waals surface area contributed by atoms with Crippen LogP contribution in [0.1, 0.15) is 47.9 Å². The van der Waals surface area contributed by atoms with Crippen LogP contribution in [0.3, 0.4) is 0 Å². The number of nitro groups is 1. The molecule has 0 bridgehead atoms. The van der Waals surface area contributed by atoms with Crippen LogP contribution in [-0.2, 0) is 32.6 Å². The average molecular weight is 699 g/mol. The molecular formula is C38H42N4O7S. The fraction of sp³-hybridized carbons (Fsp3) is 0.316. The van der Waals surface area contributed by atoms with E-state index in [4.69, 9.17) is 4.74 Å². The zero-order valence-corrected chi connectivity index (χ0v) is 29.3. The molecule has 1 N–H and O–H groups in total. The van der Waals surface area contributed by atoms with Crippen molar-refractivity contribution in [2.45, 2.75) is 69.5 Å². The molecule has 2 amide bonds. The highest BCUT2D eigenvalue weighted by molar-refractivity contribution is 7.92. The van der Waals surface area contributed by atoms with Gasteiger partial charge in [-0.25, -0.2) is 8.42 Å². The maximum Gasteiger partial charge on any atom is 0.273 e. The Balaban J connectivity index is 1.59. The molecule has 1 fully saturated rings. The Hall–Kier alpha value is -5.23. The number of methoxy groups -OCH3 is 1. The third kappa shape index (κ3) is 8.67. The minimum absolute atomic E-state index is 0.00908. The van der Waals surface area contributed by atoms with E-state index >= 15 is 0 Å². The molecule has 1 saturated carbocycles. The third-order valence-electron chi connectivity index (χ3n) is 9.01. The quantitative estimate of drug-likeness (QED) is 0.124. The SMILES string of the molecule is COc1ccc(N(CC(=O)N(Cc2cccc(C)c2)C(Cc2ccccc2)C(=O)NC2CCCC2)S(=O)(=O)c2ccc(C)c([N+](=O)[O-])c2)cc1. The summed E-state index contributed by atoms with van der Waals surface area (Å²) in [6.07, 6.45) is 3.91. The van der Waals surface area contributed by atoms with E-state index in [1.807, 2.05) is 61.5 Å². The number of amides is 2.